The second kappa shape index (κ2) is 5.67. The Bertz CT molecular complexity index is 422. The van der Waals surface area contributed by atoms with E-state index in [2.05, 4.69) is 0 Å². The van der Waals surface area contributed by atoms with Gasteiger partial charge >= 0.3 is 0 Å². The molecule has 1 aromatic rings. The van der Waals surface area contributed by atoms with E-state index in [4.69, 9.17) is 17.3 Å². The zero-order valence-electron chi connectivity index (χ0n) is 9.14. The molecular weight excluding hydrogens is 263 g/mol. The van der Waals surface area contributed by atoms with Gasteiger partial charge in [-0.2, -0.15) is 0 Å². The lowest BCUT2D eigenvalue weighted by Gasteiger charge is -2.31. The number of nitrogens with zero attached hydrogens (tertiary/aromatic N) is 1. The predicted molar refractivity (Wildman–Crippen MR) is 69.6 cm³/mol. The van der Waals surface area contributed by atoms with Gasteiger partial charge in [-0.3, -0.25) is 10.1 Å². The van der Waals surface area contributed by atoms with Crippen molar-refractivity contribution >= 4 is 29.7 Å². The van der Waals surface area contributed by atoms with E-state index in [1.165, 1.54) is 12.5 Å². The SMILES string of the molecule is Cl.N[C@H](c1ccc(Cl)c([N+](=O)[O-])c1)C1CCC1. The molecule has 0 aromatic heterocycles. The van der Waals surface area contributed by atoms with Gasteiger partial charge in [-0.25, -0.2) is 0 Å². The van der Waals surface area contributed by atoms with Crippen LogP contribution in [0.15, 0.2) is 18.2 Å². The minimum atomic E-state index is -0.473. The van der Waals surface area contributed by atoms with Crippen molar-refractivity contribution in [3.63, 3.8) is 0 Å². The van der Waals surface area contributed by atoms with E-state index in [9.17, 15) is 10.1 Å². The highest BCUT2D eigenvalue weighted by Crippen LogP contribution is 2.37. The van der Waals surface area contributed by atoms with Crippen LogP contribution >= 0.6 is 24.0 Å². The zero-order chi connectivity index (χ0) is 11.7. The first kappa shape index (κ1) is 14.2. The molecule has 0 spiro atoms. The minimum Gasteiger partial charge on any atom is -0.324 e. The van der Waals surface area contributed by atoms with Crippen LogP contribution < -0.4 is 5.73 Å². The Morgan fingerprint density at radius 3 is 2.59 bits per heavy atom. The van der Waals surface area contributed by atoms with Crippen LogP contribution in [0.25, 0.3) is 0 Å². The van der Waals surface area contributed by atoms with E-state index < -0.39 is 4.92 Å². The lowest BCUT2D eigenvalue weighted by atomic mass is 9.77. The molecule has 17 heavy (non-hydrogen) atoms. The molecule has 0 saturated heterocycles. The molecule has 6 heteroatoms. The standard InChI is InChI=1S/C11H13ClN2O2.ClH/c12-9-5-4-8(6-10(9)14(15)16)11(13)7-2-1-3-7;/h4-7,11H,1-3,13H2;1H/t11-;/m0./s1. The normalized spacial score (nSPS) is 16.8. The van der Waals surface area contributed by atoms with Gasteiger partial charge < -0.3 is 5.73 Å². The molecular formula is C11H14Cl2N2O2. The Morgan fingerprint density at radius 1 is 1.47 bits per heavy atom. The number of halogens is 2. The monoisotopic (exact) mass is 276 g/mol. The van der Waals surface area contributed by atoms with E-state index in [0.717, 1.165) is 18.4 Å². The van der Waals surface area contributed by atoms with Gasteiger partial charge in [0, 0.05) is 12.1 Å². The minimum absolute atomic E-state index is 0. The van der Waals surface area contributed by atoms with Crippen molar-refractivity contribution in [1.29, 1.82) is 0 Å². The number of rotatable bonds is 3. The van der Waals surface area contributed by atoms with Crippen LogP contribution in [0.4, 0.5) is 5.69 Å². The summed E-state index contributed by atoms with van der Waals surface area (Å²) >= 11 is 5.74. The molecule has 0 amide bonds. The summed E-state index contributed by atoms with van der Waals surface area (Å²) < 4.78 is 0. The molecule has 1 fully saturated rings. The van der Waals surface area contributed by atoms with E-state index in [-0.39, 0.29) is 29.2 Å². The van der Waals surface area contributed by atoms with Crippen molar-refractivity contribution in [3.05, 3.63) is 38.9 Å². The fourth-order valence-corrected chi connectivity index (χ4v) is 2.13. The van der Waals surface area contributed by atoms with Crippen molar-refractivity contribution in [3.8, 4) is 0 Å². The van der Waals surface area contributed by atoms with Gasteiger partial charge in [0.1, 0.15) is 5.02 Å². The van der Waals surface area contributed by atoms with Gasteiger partial charge in [-0.05, 0) is 30.4 Å². The highest BCUT2D eigenvalue weighted by molar-refractivity contribution is 6.32. The average molecular weight is 277 g/mol. The highest BCUT2D eigenvalue weighted by Gasteiger charge is 2.27. The van der Waals surface area contributed by atoms with Gasteiger partial charge in [0.05, 0.1) is 4.92 Å². The Morgan fingerprint density at radius 2 is 2.12 bits per heavy atom. The Balaban J connectivity index is 0.00000144. The third-order valence-corrected chi connectivity index (χ3v) is 3.53. The summed E-state index contributed by atoms with van der Waals surface area (Å²) in [6.07, 6.45) is 3.42. The van der Waals surface area contributed by atoms with Crippen molar-refractivity contribution in [2.24, 2.45) is 11.7 Å². The average Bonchev–Trinajstić information content (AvgIpc) is 2.15. The Hall–Kier alpha value is -0.840. The summed E-state index contributed by atoms with van der Waals surface area (Å²) in [6, 6.07) is 4.71. The second-order valence-electron chi connectivity index (χ2n) is 4.18. The second-order valence-corrected chi connectivity index (χ2v) is 4.59. The Kier molecular flexibility index (Phi) is 4.74. The number of nitro benzene ring substituents is 1. The number of nitrogens with two attached hydrogens (primary N) is 1. The molecule has 2 N–H and O–H groups in total. The first-order valence-electron chi connectivity index (χ1n) is 5.29. The van der Waals surface area contributed by atoms with Gasteiger partial charge in [-0.1, -0.05) is 24.1 Å². The predicted octanol–water partition coefficient (Wildman–Crippen LogP) is 3.47. The Labute approximate surface area is 111 Å². The molecule has 2 rings (SSSR count). The smallest absolute Gasteiger partial charge is 0.288 e. The van der Waals surface area contributed by atoms with Crippen LogP contribution in [-0.4, -0.2) is 4.92 Å². The molecule has 1 aliphatic rings. The lowest BCUT2D eigenvalue weighted by Crippen LogP contribution is -2.26. The highest BCUT2D eigenvalue weighted by atomic mass is 35.5. The molecule has 1 atom stereocenters. The molecule has 0 aliphatic heterocycles. The summed E-state index contributed by atoms with van der Waals surface area (Å²) in [4.78, 5) is 10.3. The van der Waals surface area contributed by atoms with Crippen molar-refractivity contribution in [2.45, 2.75) is 25.3 Å². The van der Waals surface area contributed by atoms with Gasteiger partial charge in [-0.15, -0.1) is 12.4 Å². The van der Waals surface area contributed by atoms with Crippen LogP contribution in [-0.2, 0) is 0 Å². The van der Waals surface area contributed by atoms with Gasteiger partial charge in [0.25, 0.3) is 5.69 Å². The van der Waals surface area contributed by atoms with Crippen LogP contribution in [0.3, 0.4) is 0 Å². The fourth-order valence-electron chi connectivity index (χ4n) is 1.95. The lowest BCUT2D eigenvalue weighted by molar-refractivity contribution is -0.384. The van der Waals surface area contributed by atoms with Crippen LogP contribution in [0.5, 0.6) is 0 Å². The maximum absolute atomic E-state index is 10.7. The molecule has 0 unspecified atom stereocenters. The van der Waals surface area contributed by atoms with E-state index >= 15 is 0 Å². The first-order valence-corrected chi connectivity index (χ1v) is 5.67. The molecule has 1 aliphatic carbocycles. The van der Waals surface area contributed by atoms with E-state index in [1.807, 2.05) is 0 Å². The molecule has 94 valence electrons. The third kappa shape index (κ3) is 2.89. The topological polar surface area (TPSA) is 69.2 Å². The number of hydrogen-bond acceptors (Lipinski definition) is 3. The largest absolute Gasteiger partial charge is 0.324 e. The van der Waals surface area contributed by atoms with Crippen molar-refractivity contribution in [2.75, 3.05) is 0 Å². The maximum Gasteiger partial charge on any atom is 0.288 e. The molecule has 1 saturated carbocycles. The first-order chi connectivity index (χ1) is 7.59. The fraction of sp³-hybridized carbons (Fsp3) is 0.455. The molecule has 4 nitrogen and oxygen atoms in total. The maximum atomic E-state index is 10.7. The zero-order valence-corrected chi connectivity index (χ0v) is 10.7. The quantitative estimate of drug-likeness (QED) is 0.679. The van der Waals surface area contributed by atoms with Crippen LogP contribution in [0, 0.1) is 16.0 Å². The summed E-state index contributed by atoms with van der Waals surface area (Å²) in [5.74, 6) is 0.459. The number of hydrogen-bond donors (Lipinski definition) is 1. The molecule has 0 bridgehead atoms. The molecule has 0 heterocycles. The molecule has 0 radical (unpaired) electrons. The van der Waals surface area contributed by atoms with E-state index in [1.54, 1.807) is 12.1 Å². The van der Waals surface area contributed by atoms with Crippen molar-refractivity contribution < 1.29 is 4.92 Å². The molecule has 1 aromatic carbocycles. The van der Waals surface area contributed by atoms with E-state index in [0.29, 0.717) is 5.92 Å². The number of benzene rings is 1. The summed E-state index contributed by atoms with van der Waals surface area (Å²) in [6.45, 7) is 0. The summed E-state index contributed by atoms with van der Waals surface area (Å²) in [5, 5.41) is 10.9. The summed E-state index contributed by atoms with van der Waals surface area (Å²) in [7, 11) is 0. The van der Waals surface area contributed by atoms with Crippen LogP contribution in [0.1, 0.15) is 30.9 Å². The van der Waals surface area contributed by atoms with Gasteiger partial charge in [0.2, 0.25) is 0 Å². The summed E-state index contributed by atoms with van der Waals surface area (Å²) in [5.41, 5.74) is 6.80. The number of nitro groups is 1. The van der Waals surface area contributed by atoms with Crippen LogP contribution in [0.2, 0.25) is 5.02 Å². The van der Waals surface area contributed by atoms with Crippen molar-refractivity contribution in [1.82, 2.24) is 0 Å². The van der Waals surface area contributed by atoms with Gasteiger partial charge in [0.15, 0.2) is 0 Å². The third-order valence-electron chi connectivity index (χ3n) is 3.21.